The summed E-state index contributed by atoms with van der Waals surface area (Å²) in [6.07, 6.45) is -1.20. The summed E-state index contributed by atoms with van der Waals surface area (Å²) >= 11 is 0. The van der Waals surface area contributed by atoms with E-state index in [0.717, 1.165) is 6.07 Å². The van der Waals surface area contributed by atoms with Crippen molar-refractivity contribution in [3.8, 4) is 6.07 Å². The molecule has 1 amide bonds. The van der Waals surface area contributed by atoms with E-state index in [-0.39, 0.29) is 17.5 Å². The summed E-state index contributed by atoms with van der Waals surface area (Å²) in [7, 11) is 0. The van der Waals surface area contributed by atoms with Crippen LogP contribution in [0.1, 0.15) is 31.9 Å². The van der Waals surface area contributed by atoms with Crippen LogP contribution in [-0.4, -0.2) is 28.8 Å². The molecule has 0 heterocycles. The molecule has 6 nitrogen and oxygen atoms in total. The van der Waals surface area contributed by atoms with E-state index in [1.165, 1.54) is 12.1 Å². The van der Waals surface area contributed by atoms with Crippen LogP contribution < -0.4 is 5.32 Å². The fourth-order valence-electron chi connectivity index (χ4n) is 1.67. The van der Waals surface area contributed by atoms with Gasteiger partial charge in [-0.1, -0.05) is 0 Å². The van der Waals surface area contributed by atoms with Gasteiger partial charge in [0.1, 0.15) is 17.5 Å². The van der Waals surface area contributed by atoms with E-state index in [1.807, 2.05) is 6.07 Å². The van der Waals surface area contributed by atoms with Gasteiger partial charge in [0.2, 0.25) is 0 Å². The van der Waals surface area contributed by atoms with Crippen LogP contribution in [0.15, 0.2) is 18.2 Å². The number of benzene rings is 1. The standard InChI is InChI=1S/C15H17FN2O4/c1-15(2,3)22-14(21)18-12(13(19)20)7-10-6-9(8-17)4-5-11(10)16/h4-6,12H,7H2,1-3H3,(H,18,21)(H,19,20)/t12-/m0/s1. The first-order valence-electron chi connectivity index (χ1n) is 6.53. The lowest BCUT2D eigenvalue weighted by Gasteiger charge is -2.22. The Hall–Kier alpha value is -2.62. The molecule has 0 aliphatic heterocycles. The van der Waals surface area contributed by atoms with Gasteiger partial charge in [-0.05, 0) is 44.5 Å². The number of nitrogens with one attached hydrogen (secondary N) is 1. The van der Waals surface area contributed by atoms with E-state index in [1.54, 1.807) is 20.8 Å². The Balaban J connectivity index is 2.88. The van der Waals surface area contributed by atoms with Gasteiger partial charge in [-0.15, -0.1) is 0 Å². The number of ether oxygens (including phenoxy) is 1. The van der Waals surface area contributed by atoms with Gasteiger partial charge < -0.3 is 15.2 Å². The average Bonchev–Trinajstić information content (AvgIpc) is 2.38. The van der Waals surface area contributed by atoms with Gasteiger partial charge in [-0.3, -0.25) is 0 Å². The Kier molecular flexibility index (Phi) is 5.46. The third kappa shape index (κ3) is 5.40. The minimum Gasteiger partial charge on any atom is -0.480 e. The number of nitrogens with zero attached hydrogens (tertiary/aromatic N) is 1. The lowest BCUT2D eigenvalue weighted by molar-refractivity contribution is -0.139. The third-order valence-electron chi connectivity index (χ3n) is 2.59. The zero-order valence-electron chi connectivity index (χ0n) is 12.5. The Morgan fingerprint density at radius 1 is 1.45 bits per heavy atom. The Morgan fingerprint density at radius 3 is 2.59 bits per heavy atom. The van der Waals surface area contributed by atoms with Crippen LogP contribution in [0.25, 0.3) is 0 Å². The lowest BCUT2D eigenvalue weighted by atomic mass is 10.0. The Bertz CT molecular complexity index is 617. The molecule has 0 saturated heterocycles. The first kappa shape index (κ1) is 17.4. The highest BCUT2D eigenvalue weighted by atomic mass is 19.1. The molecule has 0 radical (unpaired) electrons. The number of rotatable bonds is 4. The number of alkyl carbamates (subject to hydrolysis) is 1. The van der Waals surface area contributed by atoms with Crippen molar-refractivity contribution < 1.29 is 23.8 Å². The van der Waals surface area contributed by atoms with Crippen LogP contribution in [0.4, 0.5) is 9.18 Å². The first-order chi connectivity index (χ1) is 10.1. The second-order valence-corrected chi connectivity index (χ2v) is 5.66. The molecule has 0 fully saturated rings. The number of carboxylic acid groups (broad SMARTS) is 1. The maximum Gasteiger partial charge on any atom is 0.408 e. The van der Waals surface area contributed by atoms with Crippen LogP contribution in [0.5, 0.6) is 0 Å². The van der Waals surface area contributed by atoms with Crippen molar-refractivity contribution in [2.24, 2.45) is 0 Å². The molecule has 0 aliphatic carbocycles. The molecule has 0 bridgehead atoms. The molecular formula is C15H17FN2O4. The summed E-state index contributed by atoms with van der Waals surface area (Å²) in [5.41, 5.74) is -0.542. The highest BCUT2D eigenvalue weighted by molar-refractivity contribution is 5.80. The van der Waals surface area contributed by atoms with Crippen molar-refractivity contribution in [2.75, 3.05) is 0 Å². The van der Waals surface area contributed by atoms with Gasteiger partial charge in [0.25, 0.3) is 0 Å². The molecule has 0 aromatic heterocycles. The zero-order valence-corrected chi connectivity index (χ0v) is 12.5. The first-order valence-corrected chi connectivity index (χ1v) is 6.53. The van der Waals surface area contributed by atoms with Crippen molar-refractivity contribution >= 4 is 12.1 Å². The van der Waals surface area contributed by atoms with E-state index in [0.29, 0.717) is 0 Å². The molecule has 1 aromatic carbocycles. The minimum absolute atomic E-state index is 0.0301. The van der Waals surface area contributed by atoms with Crippen molar-refractivity contribution in [3.63, 3.8) is 0 Å². The average molecular weight is 308 g/mol. The summed E-state index contributed by atoms with van der Waals surface area (Å²) in [6.45, 7) is 4.91. The number of carbonyl (C=O) groups is 2. The van der Waals surface area contributed by atoms with E-state index in [9.17, 15) is 14.0 Å². The van der Waals surface area contributed by atoms with Crippen LogP contribution in [-0.2, 0) is 16.0 Å². The molecule has 0 unspecified atom stereocenters. The Labute approximate surface area is 127 Å². The van der Waals surface area contributed by atoms with Crippen molar-refractivity contribution in [3.05, 3.63) is 35.1 Å². The number of hydrogen-bond acceptors (Lipinski definition) is 4. The fraction of sp³-hybridized carbons (Fsp3) is 0.400. The normalized spacial score (nSPS) is 12.1. The van der Waals surface area contributed by atoms with Gasteiger partial charge in [-0.2, -0.15) is 5.26 Å². The number of aliphatic carboxylic acids is 1. The van der Waals surface area contributed by atoms with E-state index in [4.69, 9.17) is 15.1 Å². The molecule has 1 rings (SSSR count). The zero-order chi connectivity index (χ0) is 16.9. The van der Waals surface area contributed by atoms with Gasteiger partial charge in [0, 0.05) is 6.42 Å². The smallest absolute Gasteiger partial charge is 0.408 e. The molecular weight excluding hydrogens is 291 g/mol. The second kappa shape index (κ2) is 6.89. The predicted octanol–water partition coefficient (Wildman–Crippen LogP) is 2.22. The molecule has 2 N–H and O–H groups in total. The summed E-state index contributed by atoms with van der Waals surface area (Å²) in [5.74, 6) is -1.97. The van der Waals surface area contributed by atoms with E-state index >= 15 is 0 Å². The quantitative estimate of drug-likeness (QED) is 0.888. The van der Waals surface area contributed by atoms with Crippen LogP contribution in [0, 0.1) is 17.1 Å². The lowest BCUT2D eigenvalue weighted by Crippen LogP contribution is -2.44. The van der Waals surface area contributed by atoms with Crippen LogP contribution in [0.2, 0.25) is 0 Å². The van der Waals surface area contributed by atoms with Gasteiger partial charge in [0.05, 0.1) is 11.6 Å². The Morgan fingerprint density at radius 2 is 2.09 bits per heavy atom. The number of halogens is 1. The third-order valence-corrected chi connectivity index (χ3v) is 2.59. The summed E-state index contributed by atoms with van der Waals surface area (Å²) in [6, 6.07) is 4.10. The van der Waals surface area contributed by atoms with Crippen molar-refractivity contribution in [1.82, 2.24) is 5.32 Å². The number of carboxylic acids is 1. The molecule has 7 heteroatoms. The minimum atomic E-state index is -1.36. The maximum atomic E-state index is 13.7. The van der Waals surface area contributed by atoms with Crippen LogP contribution in [0.3, 0.4) is 0 Å². The molecule has 1 aromatic rings. The molecule has 0 aliphatic rings. The highest BCUT2D eigenvalue weighted by Gasteiger charge is 2.25. The SMILES string of the molecule is CC(C)(C)OC(=O)N[C@@H](Cc1cc(C#N)ccc1F)C(=O)O. The molecule has 0 saturated carbocycles. The van der Waals surface area contributed by atoms with Crippen molar-refractivity contribution in [1.29, 1.82) is 5.26 Å². The number of amides is 1. The van der Waals surface area contributed by atoms with Crippen LogP contribution >= 0.6 is 0 Å². The van der Waals surface area contributed by atoms with Gasteiger partial charge in [-0.25, -0.2) is 14.0 Å². The molecule has 118 valence electrons. The molecule has 22 heavy (non-hydrogen) atoms. The molecule has 0 spiro atoms. The highest BCUT2D eigenvalue weighted by Crippen LogP contribution is 2.13. The van der Waals surface area contributed by atoms with Gasteiger partial charge in [0.15, 0.2) is 0 Å². The predicted molar refractivity (Wildman–Crippen MR) is 75.6 cm³/mol. The topological polar surface area (TPSA) is 99.4 Å². The van der Waals surface area contributed by atoms with E-state index in [2.05, 4.69) is 5.32 Å². The second-order valence-electron chi connectivity index (χ2n) is 5.66. The largest absolute Gasteiger partial charge is 0.480 e. The molecule has 1 atom stereocenters. The van der Waals surface area contributed by atoms with Gasteiger partial charge >= 0.3 is 12.1 Å². The summed E-state index contributed by atoms with van der Waals surface area (Å²) in [4.78, 5) is 22.8. The maximum absolute atomic E-state index is 13.7. The van der Waals surface area contributed by atoms with Crippen molar-refractivity contribution in [2.45, 2.75) is 38.8 Å². The summed E-state index contributed by atoms with van der Waals surface area (Å²) < 4.78 is 18.7. The number of nitriles is 1. The van der Waals surface area contributed by atoms with E-state index < -0.39 is 29.5 Å². The summed E-state index contributed by atoms with van der Waals surface area (Å²) in [5, 5.41) is 20.1. The monoisotopic (exact) mass is 308 g/mol. The number of carbonyl (C=O) groups excluding carboxylic acids is 1. The fourth-order valence-corrected chi connectivity index (χ4v) is 1.67. The number of hydrogen-bond donors (Lipinski definition) is 2.